The lowest BCUT2D eigenvalue weighted by molar-refractivity contribution is 0.0718. The number of hydrogen-bond donors (Lipinski definition) is 1. The van der Waals surface area contributed by atoms with Crippen molar-refractivity contribution in [1.82, 2.24) is 9.88 Å². The zero-order chi connectivity index (χ0) is 13.7. The number of aliphatic hydroxyl groups is 1. The molecule has 1 aromatic heterocycles. The molecule has 0 aliphatic carbocycles. The summed E-state index contributed by atoms with van der Waals surface area (Å²) in [6.07, 6.45) is 5.21. The fourth-order valence-electron chi connectivity index (χ4n) is 2.53. The van der Waals surface area contributed by atoms with Crippen LogP contribution >= 0.6 is 0 Å². The normalized spacial score (nSPS) is 18.6. The Morgan fingerprint density at radius 2 is 2.47 bits per heavy atom. The molecule has 5 heteroatoms. The predicted molar refractivity (Wildman–Crippen MR) is 71.2 cm³/mol. The maximum absolute atomic E-state index is 12.4. The number of amides is 1. The van der Waals surface area contributed by atoms with Crippen LogP contribution in [-0.4, -0.2) is 47.2 Å². The zero-order valence-corrected chi connectivity index (χ0v) is 11.2. The van der Waals surface area contributed by atoms with Crippen molar-refractivity contribution in [2.45, 2.75) is 31.7 Å². The summed E-state index contributed by atoms with van der Waals surface area (Å²) in [4.78, 5) is 18.4. The van der Waals surface area contributed by atoms with Crippen LogP contribution in [0, 0.1) is 0 Å². The number of likely N-dealkylation sites (tertiary alicyclic amines) is 1. The molecule has 1 atom stereocenters. The number of aromatic nitrogens is 1. The SMILES string of the molecule is COc1ccnc(C(=O)N2CCCC2CCCO)c1. The molecular weight excluding hydrogens is 244 g/mol. The van der Waals surface area contributed by atoms with E-state index in [9.17, 15) is 4.79 Å². The molecule has 1 N–H and O–H groups in total. The topological polar surface area (TPSA) is 62.7 Å². The van der Waals surface area contributed by atoms with Gasteiger partial charge in [-0.2, -0.15) is 0 Å². The molecule has 0 aromatic carbocycles. The van der Waals surface area contributed by atoms with Crippen LogP contribution in [0.5, 0.6) is 5.75 Å². The lowest BCUT2D eigenvalue weighted by atomic mass is 10.1. The molecule has 0 spiro atoms. The molecule has 2 heterocycles. The smallest absolute Gasteiger partial charge is 0.272 e. The van der Waals surface area contributed by atoms with E-state index in [1.54, 1.807) is 25.4 Å². The van der Waals surface area contributed by atoms with Crippen molar-refractivity contribution in [3.05, 3.63) is 24.0 Å². The molecule has 0 radical (unpaired) electrons. The summed E-state index contributed by atoms with van der Waals surface area (Å²) in [7, 11) is 1.57. The Labute approximate surface area is 113 Å². The van der Waals surface area contributed by atoms with Gasteiger partial charge in [-0.15, -0.1) is 0 Å². The summed E-state index contributed by atoms with van der Waals surface area (Å²) in [5, 5.41) is 8.90. The Morgan fingerprint density at radius 1 is 1.63 bits per heavy atom. The molecule has 1 unspecified atom stereocenters. The summed E-state index contributed by atoms with van der Waals surface area (Å²) < 4.78 is 5.12. The van der Waals surface area contributed by atoms with Gasteiger partial charge in [0.05, 0.1) is 7.11 Å². The second kappa shape index (κ2) is 6.52. The number of hydrogen-bond acceptors (Lipinski definition) is 4. The maximum atomic E-state index is 12.4. The highest BCUT2D eigenvalue weighted by molar-refractivity contribution is 5.93. The highest BCUT2D eigenvalue weighted by atomic mass is 16.5. The van der Waals surface area contributed by atoms with Gasteiger partial charge in [-0.3, -0.25) is 9.78 Å². The van der Waals surface area contributed by atoms with E-state index >= 15 is 0 Å². The van der Waals surface area contributed by atoms with Crippen LogP contribution in [0.2, 0.25) is 0 Å². The van der Waals surface area contributed by atoms with Crippen molar-refractivity contribution < 1.29 is 14.6 Å². The summed E-state index contributed by atoms with van der Waals surface area (Å²) in [6.45, 7) is 0.948. The summed E-state index contributed by atoms with van der Waals surface area (Å²) >= 11 is 0. The monoisotopic (exact) mass is 264 g/mol. The molecule has 1 amide bonds. The highest BCUT2D eigenvalue weighted by Gasteiger charge is 2.29. The molecule has 1 aliphatic heterocycles. The van der Waals surface area contributed by atoms with Gasteiger partial charge >= 0.3 is 0 Å². The first-order chi connectivity index (χ1) is 9.26. The summed E-state index contributed by atoms with van der Waals surface area (Å²) in [5.74, 6) is 0.601. The van der Waals surface area contributed by atoms with Crippen molar-refractivity contribution in [2.24, 2.45) is 0 Å². The number of pyridine rings is 1. The van der Waals surface area contributed by atoms with E-state index in [0.29, 0.717) is 11.4 Å². The number of carbonyl (C=O) groups is 1. The van der Waals surface area contributed by atoms with Crippen LogP contribution in [0.15, 0.2) is 18.3 Å². The minimum Gasteiger partial charge on any atom is -0.497 e. The van der Waals surface area contributed by atoms with Gasteiger partial charge < -0.3 is 14.7 Å². The van der Waals surface area contributed by atoms with Gasteiger partial charge in [0.25, 0.3) is 5.91 Å². The molecule has 0 bridgehead atoms. The van der Waals surface area contributed by atoms with Crippen LogP contribution in [0.3, 0.4) is 0 Å². The number of methoxy groups -OCH3 is 1. The van der Waals surface area contributed by atoms with Gasteiger partial charge in [-0.25, -0.2) is 0 Å². The average molecular weight is 264 g/mol. The third-order valence-corrected chi connectivity index (χ3v) is 3.52. The Hall–Kier alpha value is -1.62. The standard InChI is InChI=1S/C14H20N2O3/c1-19-12-6-7-15-13(10-12)14(18)16-8-2-4-11(16)5-3-9-17/h6-7,10-11,17H,2-5,8-9H2,1H3. The number of aliphatic hydroxyl groups excluding tert-OH is 1. The lowest BCUT2D eigenvalue weighted by Gasteiger charge is -2.24. The van der Waals surface area contributed by atoms with E-state index in [1.807, 2.05) is 4.90 Å². The van der Waals surface area contributed by atoms with Crippen molar-refractivity contribution in [3.63, 3.8) is 0 Å². The molecule has 0 saturated carbocycles. The molecule has 1 aromatic rings. The van der Waals surface area contributed by atoms with E-state index in [2.05, 4.69) is 4.98 Å². The Kier molecular flexibility index (Phi) is 4.74. The number of carbonyl (C=O) groups excluding carboxylic acids is 1. The molecule has 5 nitrogen and oxygen atoms in total. The van der Waals surface area contributed by atoms with Gasteiger partial charge in [-0.05, 0) is 31.7 Å². The van der Waals surface area contributed by atoms with Gasteiger partial charge in [-0.1, -0.05) is 0 Å². The molecular formula is C14H20N2O3. The van der Waals surface area contributed by atoms with Crippen LogP contribution in [0.1, 0.15) is 36.2 Å². The number of ether oxygens (including phenoxy) is 1. The summed E-state index contributed by atoms with van der Waals surface area (Å²) in [6, 6.07) is 3.63. The van der Waals surface area contributed by atoms with Gasteiger partial charge in [0.2, 0.25) is 0 Å². The average Bonchev–Trinajstić information content (AvgIpc) is 2.92. The predicted octanol–water partition coefficient (Wildman–Crippen LogP) is 1.47. The van der Waals surface area contributed by atoms with Crippen LogP contribution in [0.25, 0.3) is 0 Å². The van der Waals surface area contributed by atoms with Crippen molar-refractivity contribution in [1.29, 1.82) is 0 Å². The van der Waals surface area contributed by atoms with Crippen molar-refractivity contribution in [3.8, 4) is 5.75 Å². The van der Waals surface area contributed by atoms with Crippen LogP contribution in [0.4, 0.5) is 0 Å². The number of rotatable bonds is 5. The Morgan fingerprint density at radius 3 is 3.21 bits per heavy atom. The van der Waals surface area contributed by atoms with E-state index in [0.717, 1.165) is 32.2 Å². The second-order valence-corrected chi connectivity index (χ2v) is 4.74. The first-order valence-corrected chi connectivity index (χ1v) is 6.68. The van der Waals surface area contributed by atoms with E-state index < -0.39 is 0 Å². The molecule has 19 heavy (non-hydrogen) atoms. The molecule has 1 fully saturated rings. The fraction of sp³-hybridized carbons (Fsp3) is 0.571. The summed E-state index contributed by atoms with van der Waals surface area (Å²) in [5.41, 5.74) is 0.426. The third-order valence-electron chi connectivity index (χ3n) is 3.52. The van der Waals surface area contributed by atoms with Crippen molar-refractivity contribution >= 4 is 5.91 Å². The quantitative estimate of drug-likeness (QED) is 0.874. The van der Waals surface area contributed by atoms with E-state index in [-0.39, 0.29) is 18.6 Å². The molecule has 104 valence electrons. The van der Waals surface area contributed by atoms with Gasteiger partial charge in [0.1, 0.15) is 11.4 Å². The lowest BCUT2D eigenvalue weighted by Crippen LogP contribution is -2.36. The van der Waals surface area contributed by atoms with E-state index in [1.165, 1.54) is 0 Å². The van der Waals surface area contributed by atoms with Gasteiger partial charge in [0.15, 0.2) is 0 Å². The molecule has 1 aliphatic rings. The fourth-order valence-corrected chi connectivity index (χ4v) is 2.53. The zero-order valence-electron chi connectivity index (χ0n) is 11.2. The Bertz CT molecular complexity index is 436. The third kappa shape index (κ3) is 3.23. The van der Waals surface area contributed by atoms with Crippen LogP contribution < -0.4 is 4.74 Å². The first-order valence-electron chi connectivity index (χ1n) is 6.68. The largest absolute Gasteiger partial charge is 0.497 e. The second-order valence-electron chi connectivity index (χ2n) is 4.74. The van der Waals surface area contributed by atoms with E-state index in [4.69, 9.17) is 9.84 Å². The maximum Gasteiger partial charge on any atom is 0.272 e. The minimum atomic E-state index is -0.0423. The molecule has 2 rings (SSSR count). The van der Waals surface area contributed by atoms with Crippen molar-refractivity contribution in [2.75, 3.05) is 20.3 Å². The van der Waals surface area contributed by atoms with Gasteiger partial charge in [0, 0.05) is 31.5 Å². The number of nitrogens with zero attached hydrogens (tertiary/aromatic N) is 2. The minimum absolute atomic E-state index is 0.0423. The Balaban J connectivity index is 2.09. The first kappa shape index (κ1) is 13.8. The molecule has 1 saturated heterocycles. The highest BCUT2D eigenvalue weighted by Crippen LogP contribution is 2.23. The van der Waals surface area contributed by atoms with Crippen LogP contribution in [-0.2, 0) is 0 Å².